The maximum absolute atomic E-state index is 3.91. The van der Waals surface area contributed by atoms with Crippen molar-refractivity contribution in [1.29, 1.82) is 0 Å². The molecule has 0 aliphatic carbocycles. The Morgan fingerprint density at radius 2 is 2.80 bits per heavy atom. The summed E-state index contributed by atoms with van der Waals surface area (Å²) in [5.41, 5.74) is 2.75. The predicted molar refractivity (Wildman–Crippen MR) is 20.5 cm³/mol. The second-order valence-electron chi connectivity index (χ2n) is 0.766. The van der Waals surface area contributed by atoms with E-state index in [4.69, 9.17) is 0 Å². The van der Waals surface area contributed by atoms with Crippen LogP contribution in [0.3, 0.4) is 0 Å². The molecule has 0 bridgehead atoms. The molecule has 0 saturated heterocycles. The Hall–Kier alpha value is 0.210. The number of rotatable bonds is 0. The molecule has 0 atom stereocenters. The van der Waals surface area contributed by atoms with Crippen LogP contribution in [0.4, 0.5) is 0 Å². The van der Waals surface area contributed by atoms with Gasteiger partial charge in [0.05, 0.1) is 0 Å². The Balaban J connectivity index is 2.61. The molecule has 0 amide bonds. The molecule has 0 aromatic heterocycles. The van der Waals surface area contributed by atoms with Gasteiger partial charge >= 0.3 is 41.2 Å². The molecule has 0 unspecified atom stereocenters. The summed E-state index contributed by atoms with van der Waals surface area (Å²) < 4.78 is 6.06. The molecule has 1 rings (SSSR count). The van der Waals surface area contributed by atoms with Gasteiger partial charge in [-0.2, -0.15) is 0 Å². The van der Waals surface area contributed by atoms with E-state index in [1.54, 1.807) is 0 Å². The molecule has 0 spiro atoms. The number of hydrogen-bond acceptors (Lipinski definition) is 2. The van der Waals surface area contributed by atoms with E-state index in [9.17, 15) is 0 Å². The predicted octanol–water partition coefficient (Wildman–Crippen LogP) is -0.136. The third kappa shape index (κ3) is 0.758. The maximum atomic E-state index is 3.91. The van der Waals surface area contributed by atoms with E-state index in [0.29, 0.717) is 0 Å². The molecule has 3 heteroatoms. The molecule has 0 fully saturated rings. The van der Waals surface area contributed by atoms with Crippen molar-refractivity contribution in [3.05, 3.63) is 10.0 Å². The molecule has 5 heavy (non-hydrogen) atoms. The van der Waals surface area contributed by atoms with Crippen LogP contribution >= 0.6 is 0 Å². The fourth-order valence-electron chi connectivity index (χ4n) is 0.215. The van der Waals surface area contributed by atoms with Gasteiger partial charge in [-0.1, -0.05) is 0 Å². The van der Waals surface area contributed by atoms with Crippen molar-refractivity contribution in [3.63, 3.8) is 0 Å². The van der Waals surface area contributed by atoms with Crippen molar-refractivity contribution < 1.29 is 0 Å². The van der Waals surface area contributed by atoms with Crippen molar-refractivity contribution in [3.8, 4) is 0 Å². The molecule has 0 aromatic carbocycles. The standard InChI is InChI=1S/C2H3N2.In/c1-2-4-3;/h1-2,4H;. The molecular formula is C2H3InN2. The van der Waals surface area contributed by atoms with Gasteiger partial charge in [0.15, 0.2) is 0 Å². The van der Waals surface area contributed by atoms with Gasteiger partial charge in [0.1, 0.15) is 0 Å². The molecule has 1 aliphatic heterocycles. The molecule has 0 saturated carbocycles. The van der Waals surface area contributed by atoms with Crippen molar-refractivity contribution in [2.75, 3.05) is 0 Å². The monoisotopic (exact) mass is 170 g/mol. The van der Waals surface area contributed by atoms with E-state index >= 15 is 0 Å². The van der Waals surface area contributed by atoms with Gasteiger partial charge in [-0.05, 0) is 0 Å². The van der Waals surface area contributed by atoms with Gasteiger partial charge in [-0.3, -0.25) is 0 Å². The quantitative estimate of drug-likeness (QED) is 0.537. The zero-order valence-corrected chi connectivity index (χ0v) is 5.97. The summed E-state index contributed by atoms with van der Waals surface area (Å²) in [5, 5.41) is 0. The summed E-state index contributed by atoms with van der Waals surface area (Å²) >= 11 is -0.476. The minimum atomic E-state index is -0.476. The first-order valence-electron chi connectivity index (χ1n) is 1.44. The molecule has 0 aromatic rings. The summed E-state index contributed by atoms with van der Waals surface area (Å²) in [6.07, 6.45) is 1.90. The van der Waals surface area contributed by atoms with Crippen LogP contribution in [0.1, 0.15) is 0 Å². The number of hydrogen-bond donors (Lipinski definition) is 1. The van der Waals surface area contributed by atoms with E-state index < -0.39 is 22.7 Å². The second-order valence-corrected chi connectivity index (χ2v) is 3.45. The fourth-order valence-corrected chi connectivity index (χ4v) is 1.44. The van der Waals surface area contributed by atoms with Crippen LogP contribution in [0.5, 0.6) is 0 Å². The van der Waals surface area contributed by atoms with Gasteiger partial charge in [-0.25, -0.2) is 0 Å². The zero-order valence-electron chi connectivity index (χ0n) is 2.68. The van der Waals surface area contributed by atoms with Crippen LogP contribution < -0.4 is 5.43 Å². The number of nitrogens with zero attached hydrogens (tertiary/aromatic N) is 1. The normalized spacial score (nSPS) is 14.4. The van der Waals surface area contributed by atoms with Crippen LogP contribution in [-0.4, -0.2) is 22.7 Å². The first-order chi connectivity index (χ1) is 2.50. The Kier molecular flexibility index (Phi) is 1.09. The minimum absolute atomic E-state index is 0.476. The summed E-state index contributed by atoms with van der Waals surface area (Å²) in [4.78, 5) is 0. The van der Waals surface area contributed by atoms with E-state index in [2.05, 4.69) is 12.3 Å². The first kappa shape index (κ1) is 3.40. The Morgan fingerprint density at radius 3 is 3.00 bits per heavy atom. The molecule has 1 N–H and O–H groups in total. The van der Waals surface area contributed by atoms with E-state index in [0.717, 1.165) is 0 Å². The third-order valence-electron chi connectivity index (χ3n) is 0.406. The van der Waals surface area contributed by atoms with Crippen molar-refractivity contribution in [2.45, 2.75) is 0 Å². The Bertz CT molecular complexity index is 65.7. The topological polar surface area (TPSA) is 24.4 Å². The van der Waals surface area contributed by atoms with Crippen molar-refractivity contribution >= 4 is 22.7 Å². The van der Waals surface area contributed by atoms with Crippen LogP contribution in [0, 0.1) is 0 Å². The fraction of sp³-hybridized carbons (Fsp3) is 0. The van der Waals surface area contributed by atoms with Crippen LogP contribution in [0.15, 0.2) is 13.1 Å². The summed E-state index contributed by atoms with van der Waals surface area (Å²) in [6, 6.07) is 0. The van der Waals surface area contributed by atoms with Gasteiger partial charge in [-0.15, -0.1) is 0 Å². The average Bonchev–Trinajstić information content (AvgIpc) is 1.76. The van der Waals surface area contributed by atoms with Gasteiger partial charge < -0.3 is 0 Å². The number of nitrogens with one attached hydrogen (secondary N) is 1. The van der Waals surface area contributed by atoms with E-state index in [-0.39, 0.29) is 0 Å². The second kappa shape index (κ2) is 1.60. The summed E-state index contributed by atoms with van der Waals surface area (Å²) in [5.74, 6) is 0. The molecule has 0 radical (unpaired) electrons. The Labute approximate surface area is 41.5 Å². The van der Waals surface area contributed by atoms with Crippen LogP contribution in [0.2, 0.25) is 0 Å². The SMILES string of the molecule is C1=[CH][In]=[N]N1. The molecule has 24 valence electrons. The molecule has 1 aliphatic rings. The van der Waals surface area contributed by atoms with Crippen LogP contribution in [-0.2, 0) is 0 Å². The zero-order chi connectivity index (χ0) is 3.54. The van der Waals surface area contributed by atoms with Crippen molar-refractivity contribution in [1.82, 2.24) is 5.43 Å². The van der Waals surface area contributed by atoms with E-state index in [1.165, 1.54) is 0 Å². The molecule has 2 nitrogen and oxygen atoms in total. The van der Waals surface area contributed by atoms with Gasteiger partial charge in [0.2, 0.25) is 0 Å². The molecule has 1 heterocycles. The van der Waals surface area contributed by atoms with Crippen LogP contribution in [0.25, 0.3) is 0 Å². The third-order valence-corrected chi connectivity index (χ3v) is 2.30. The Morgan fingerprint density at radius 1 is 1.80 bits per heavy atom. The van der Waals surface area contributed by atoms with Gasteiger partial charge in [0.25, 0.3) is 0 Å². The summed E-state index contributed by atoms with van der Waals surface area (Å²) in [6.45, 7) is 0. The van der Waals surface area contributed by atoms with Gasteiger partial charge in [0, 0.05) is 0 Å². The van der Waals surface area contributed by atoms with Crippen molar-refractivity contribution in [2.24, 2.45) is 3.03 Å². The summed E-state index contributed by atoms with van der Waals surface area (Å²) in [7, 11) is 0. The average molecular weight is 170 g/mol. The first-order valence-corrected chi connectivity index (χ1v) is 4.81. The van der Waals surface area contributed by atoms with E-state index in [1.807, 2.05) is 6.20 Å². The molecular weight excluding hydrogens is 167 g/mol.